The van der Waals surface area contributed by atoms with Crippen LogP contribution in [0.3, 0.4) is 0 Å². The quantitative estimate of drug-likeness (QED) is 0.454. The van der Waals surface area contributed by atoms with Crippen LogP contribution in [0.2, 0.25) is 0 Å². The lowest BCUT2D eigenvalue weighted by molar-refractivity contribution is 0.104. The molecule has 2 aliphatic rings. The number of benzene rings is 2. The summed E-state index contributed by atoms with van der Waals surface area (Å²) >= 11 is 0. The molecule has 6 rings (SSSR count). The first-order valence-electron chi connectivity index (χ1n) is 11.8. The minimum atomic E-state index is -0.0433. The van der Waals surface area contributed by atoms with Crippen LogP contribution in [0.1, 0.15) is 18.0 Å². The van der Waals surface area contributed by atoms with Gasteiger partial charge in [0.15, 0.2) is 5.43 Å². The van der Waals surface area contributed by atoms with Crippen molar-refractivity contribution in [2.75, 3.05) is 26.2 Å². The topological polar surface area (TPSA) is 64.7 Å². The number of aromatic nitrogens is 1. The Hall–Kier alpha value is -3.64. The minimum absolute atomic E-state index is 0.0433. The fourth-order valence-corrected chi connectivity index (χ4v) is 5.49. The van der Waals surface area contributed by atoms with Gasteiger partial charge >= 0.3 is 0 Å². The van der Waals surface area contributed by atoms with Crippen molar-refractivity contribution in [1.29, 1.82) is 0 Å². The number of ether oxygens (including phenoxy) is 1. The first-order chi connectivity index (χ1) is 16.7. The summed E-state index contributed by atoms with van der Waals surface area (Å²) in [4.78, 5) is 27.6. The molecule has 0 saturated carbocycles. The first-order valence-corrected chi connectivity index (χ1v) is 11.8. The molecule has 6 nitrogen and oxygen atoms in total. The van der Waals surface area contributed by atoms with Crippen molar-refractivity contribution in [3.8, 4) is 16.9 Å². The molecule has 0 amide bonds. The van der Waals surface area contributed by atoms with E-state index in [0.29, 0.717) is 40.7 Å². The molecule has 172 valence electrons. The maximum atomic E-state index is 12.9. The van der Waals surface area contributed by atoms with Gasteiger partial charge < -0.3 is 13.7 Å². The van der Waals surface area contributed by atoms with Crippen molar-refractivity contribution in [1.82, 2.24) is 9.47 Å². The molecule has 0 unspecified atom stereocenters. The third kappa shape index (κ3) is 3.84. The van der Waals surface area contributed by atoms with Crippen molar-refractivity contribution in [3.63, 3.8) is 0 Å². The van der Waals surface area contributed by atoms with Crippen molar-refractivity contribution in [2.24, 2.45) is 5.92 Å². The van der Waals surface area contributed by atoms with Gasteiger partial charge in [-0.3, -0.25) is 14.5 Å². The predicted octanol–water partition coefficient (Wildman–Crippen LogP) is 4.12. The molecule has 2 aromatic heterocycles. The highest BCUT2D eigenvalue weighted by atomic mass is 16.5. The van der Waals surface area contributed by atoms with Crippen LogP contribution in [0, 0.1) is 5.92 Å². The number of pyridine rings is 1. The van der Waals surface area contributed by atoms with E-state index in [1.165, 1.54) is 6.26 Å². The smallest absolute Gasteiger partial charge is 0.250 e. The molecule has 34 heavy (non-hydrogen) atoms. The SMILES string of the molecule is O=c1c(-c2ccccc2)coc2cc(OCCN3C[C@@H]4C[C@@H](C3)c3cccc(=O)n3C4)ccc12. The maximum absolute atomic E-state index is 12.9. The molecule has 0 radical (unpaired) electrons. The zero-order chi connectivity index (χ0) is 23.1. The first kappa shape index (κ1) is 20.9. The van der Waals surface area contributed by atoms with E-state index in [2.05, 4.69) is 11.0 Å². The summed E-state index contributed by atoms with van der Waals surface area (Å²) in [6, 6.07) is 20.6. The van der Waals surface area contributed by atoms with E-state index in [0.717, 1.165) is 43.9 Å². The van der Waals surface area contributed by atoms with Gasteiger partial charge in [-0.15, -0.1) is 0 Å². The van der Waals surface area contributed by atoms with E-state index in [-0.39, 0.29) is 11.0 Å². The van der Waals surface area contributed by atoms with Gasteiger partial charge in [-0.2, -0.15) is 0 Å². The van der Waals surface area contributed by atoms with E-state index in [4.69, 9.17) is 9.15 Å². The Kier molecular flexibility index (Phi) is 5.30. The minimum Gasteiger partial charge on any atom is -0.492 e. The summed E-state index contributed by atoms with van der Waals surface area (Å²) in [5.74, 6) is 1.59. The van der Waals surface area contributed by atoms with E-state index >= 15 is 0 Å². The van der Waals surface area contributed by atoms with Gasteiger partial charge in [0.1, 0.15) is 24.2 Å². The number of rotatable bonds is 5. The summed E-state index contributed by atoms with van der Waals surface area (Å²) in [6.45, 7) is 4.10. The zero-order valence-electron chi connectivity index (χ0n) is 18.9. The van der Waals surface area contributed by atoms with Gasteiger partial charge in [-0.25, -0.2) is 0 Å². The van der Waals surface area contributed by atoms with Crippen LogP contribution in [-0.4, -0.2) is 35.7 Å². The normalized spacial score (nSPS) is 19.6. The second-order valence-corrected chi connectivity index (χ2v) is 9.31. The van der Waals surface area contributed by atoms with Gasteiger partial charge in [0.25, 0.3) is 5.56 Å². The molecular formula is C28H26N2O4. The number of hydrogen-bond donors (Lipinski definition) is 0. The van der Waals surface area contributed by atoms with Crippen LogP contribution < -0.4 is 15.7 Å². The van der Waals surface area contributed by atoms with Crippen molar-refractivity contribution < 1.29 is 9.15 Å². The summed E-state index contributed by atoms with van der Waals surface area (Å²) in [7, 11) is 0. The summed E-state index contributed by atoms with van der Waals surface area (Å²) in [6.07, 6.45) is 2.68. The molecular weight excluding hydrogens is 428 g/mol. The van der Waals surface area contributed by atoms with E-state index < -0.39 is 0 Å². The molecule has 6 heteroatoms. The maximum Gasteiger partial charge on any atom is 0.250 e. The number of likely N-dealkylation sites (tertiary alicyclic amines) is 1. The lowest BCUT2D eigenvalue weighted by Crippen LogP contribution is -2.48. The Morgan fingerprint density at radius 2 is 1.82 bits per heavy atom. The van der Waals surface area contributed by atoms with Gasteiger partial charge in [0.05, 0.1) is 10.9 Å². The highest BCUT2D eigenvalue weighted by Crippen LogP contribution is 2.34. The molecule has 2 aromatic carbocycles. The lowest BCUT2D eigenvalue weighted by Gasteiger charge is -2.42. The van der Waals surface area contributed by atoms with Crippen molar-refractivity contribution in [2.45, 2.75) is 18.9 Å². The Morgan fingerprint density at radius 1 is 0.941 bits per heavy atom. The average Bonchev–Trinajstić information content (AvgIpc) is 2.85. The van der Waals surface area contributed by atoms with Crippen LogP contribution >= 0.6 is 0 Å². The molecule has 2 aliphatic heterocycles. The molecule has 4 heterocycles. The Labute approximate surface area is 197 Å². The standard InChI is InChI=1S/C28H26N2O4/c31-27-8-4-7-25-21-13-19(16-30(25)27)15-29(17-21)11-12-33-22-9-10-23-26(14-22)34-18-24(28(23)32)20-5-2-1-3-6-20/h1-10,14,18-19,21H,11-13,15-17H2/t19-,21-/m0/s1. The summed E-state index contributed by atoms with van der Waals surface area (Å²) in [5, 5.41) is 0.548. The molecule has 1 fully saturated rings. The second-order valence-electron chi connectivity index (χ2n) is 9.31. The predicted molar refractivity (Wildman–Crippen MR) is 131 cm³/mol. The van der Waals surface area contributed by atoms with E-state index in [1.807, 2.05) is 47.0 Å². The van der Waals surface area contributed by atoms with Crippen LogP contribution in [0.25, 0.3) is 22.1 Å². The number of hydrogen-bond acceptors (Lipinski definition) is 5. The molecule has 1 saturated heterocycles. The largest absolute Gasteiger partial charge is 0.492 e. The van der Waals surface area contributed by atoms with E-state index in [1.54, 1.807) is 18.2 Å². The van der Waals surface area contributed by atoms with Crippen LogP contribution in [0.5, 0.6) is 5.75 Å². The summed E-state index contributed by atoms with van der Waals surface area (Å²) < 4.78 is 13.8. The molecule has 2 bridgehead atoms. The third-order valence-corrected chi connectivity index (χ3v) is 7.06. The fourth-order valence-electron chi connectivity index (χ4n) is 5.49. The van der Waals surface area contributed by atoms with Gasteiger partial charge in [-0.1, -0.05) is 36.4 Å². The Bertz CT molecular complexity index is 1460. The van der Waals surface area contributed by atoms with Crippen molar-refractivity contribution in [3.05, 3.63) is 99.3 Å². The Morgan fingerprint density at radius 3 is 2.71 bits per heavy atom. The highest BCUT2D eigenvalue weighted by Gasteiger charge is 2.34. The lowest BCUT2D eigenvalue weighted by atomic mass is 9.83. The monoisotopic (exact) mass is 454 g/mol. The van der Waals surface area contributed by atoms with Crippen molar-refractivity contribution >= 4 is 11.0 Å². The molecule has 4 aromatic rings. The summed E-state index contributed by atoms with van der Waals surface area (Å²) in [5.41, 5.74) is 3.16. The van der Waals surface area contributed by atoms with E-state index in [9.17, 15) is 9.59 Å². The van der Waals surface area contributed by atoms with Crippen LogP contribution in [0.15, 0.2) is 87.0 Å². The molecule has 2 atom stereocenters. The third-order valence-electron chi connectivity index (χ3n) is 7.06. The van der Waals surface area contributed by atoms with Gasteiger partial charge in [0.2, 0.25) is 0 Å². The zero-order valence-corrected chi connectivity index (χ0v) is 18.9. The molecule has 0 spiro atoms. The number of nitrogens with zero attached hydrogens (tertiary/aromatic N) is 2. The average molecular weight is 455 g/mol. The fraction of sp³-hybridized carbons (Fsp3) is 0.286. The number of piperidine rings is 1. The highest BCUT2D eigenvalue weighted by molar-refractivity contribution is 5.82. The Balaban J connectivity index is 1.13. The van der Waals surface area contributed by atoms with Gasteiger partial charge in [-0.05, 0) is 36.1 Å². The molecule has 0 N–H and O–H groups in total. The molecule has 0 aliphatic carbocycles. The second kappa shape index (κ2) is 8.61. The van der Waals surface area contributed by atoms with Crippen LogP contribution in [0.4, 0.5) is 0 Å². The number of fused-ring (bicyclic) bond motifs is 5. The van der Waals surface area contributed by atoms with Crippen LogP contribution in [-0.2, 0) is 6.54 Å². The van der Waals surface area contributed by atoms with Gasteiger partial charge in [0, 0.05) is 49.9 Å².